The fraction of sp³-hybridized carbons (Fsp3) is 0.500. The van der Waals surface area contributed by atoms with E-state index in [4.69, 9.17) is 5.73 Å². The molecule has 2 atom stereocenters. The quantitative estimate of drug-likeness (QED) is 0.875. The van der Waals surface area contributed by atoms with Gasteiger partial charge in [-0.3, -0.25) is 0 Å². The predicted octanol–water partition coefficient (Wildman–Crippen LogP) is 3.42. The van der Waals surface area contributed by atoms with Crippen LogP contribution in [0.15, 0.2) is 22.7 Å². The summed E-state index contributed by atoms with van der Waals surface area (Å²) in [7, 11) is 0. The molecule has 1 aromatic carbocycles. The van der Waals surface area contributed by atoms with Crippen LogP contribution in [0.2, 0.25) is 0 Å². The number of rotatable bonds is 2. The first kappa shape index (κ1) is 16.8. The van der Waals surface area contributed by atoms with E-state index in [9.17, 15) is 9.50 Å². The third-order valence-electron chi connectivity index (χ3n) is 2.56. The summed E-state index contributed by atoms with van der Waals surface area (Å²) in [4.78, 5) is 0. The minimum absolute atomic E-state index is 0. The highest BCUT2D eigenvalue weighted by molar-refractivity contribution is 9.10. The Balaban J connectivity index is 0.00000256. The second-order valence-electron chi connectivity index (χ2n) is 5.01. The van der Waals surface area contributed by atoms with Gasteiger partial charge in [0.1, 0.15) is 5.82 Å². The minimum Gasteiger partial charge on any atom is -0.391 e. The number of aliphatic hydroxyl groups excluding tert-OH is 1. The topological polar surface area (TPSA) is 46.2 Å². The first-order valence-electron chi connectivity index (χ1n) is 5.12. The molecule has 0 amide bonds. The molecule has 0 bridgehead atoms. The molecule has 2 nitrogen and oxygen atoms in total. The van der Waals surface area contributed by atoms with E-state index in [0.29, 0.717) is 10.0 Å². The second-order valence-corrected chi connectivity index (χ2v) is 5.86. The van der Waals surface area contributed by atoms with E-state index in [2.05, 4.69) is 15.9 Å². The molecule has 98 valence electrons. The number of benzene rings is 1. The lowest BCUT2D eigenvalue weighted by Gasteiger charge is -2.31. The van der Waals surface area contributed by atoms with Gasteiger partial charge in [0.05, 0.1) is 16.6 Å². The summed E-state index contributed by atoms with van der Waals surface area (Å²) < 4.78 is 13.7. The lowest BCUT2D eigenvalue weighted by molar-refractivity contribution is 0.0400. The molecule has 1 aromatic rings. The summed E-state index contributed by atoms with van der Waals surface area (Å²) in [5.74, 6) is -0.367. The number of hydrogen-bond acceptors (Lipinski definition) is 2. The molecule has 17 heavy (non-hydrogen) atoms. The van der Waals surface area contributed by atoms with Crippen LogP contribution in [0.4, 0.5) is 4.39 Å². The van der Waals surface area contributed by atoms with Crippen LogP contribution in [0.5, 0.6) is 0 Å². The smallest absolute Gasteiger partial charge is 0.137 e. The summed E-state index contributed by atoms with van der Waals surface area (Å²) in [6.45, 7) is 5.69. The minimum atomic E-state index is -0.715. The third-order valence-corrected chi connectivity index (χ3v) is 3.20. The van der Waals surface area contributed by atoms with Gasteiger partial charge in [-0.25, -0.2) is 4.39 Å². The van der Waals surface area contributed by atoms with Crippen molar-refractivity contribution in [3.63, 3.8) is 0 Å². The third kappa shape index (κ3) is 4.21. The Hall–Kier alpha value is -0.160. The van der Waals surface area contributed by atoms with Gasteiger partial charge in [0.2, 0.25) is 0 Å². The molecule has 0 aliphatic carbocycles. The second kappa shape index (κ2) is 6.14. The summed E-state index contributed by atoms with van der Waals surface area (Å²) in [5, 5.41) is 10.0. The largest absolute Gasteiger partial charge is 0.391 e. The van der Waals surface area contributed by atoms with Gasteiger partial charge in [-0.15, -0.1) is 12.4 Å². The average Bonchev–Trinajstić information content (AvgIpc) is 2.18. The number of hydrogen-bond donors (Lipinski definition) is 2. The number of nitrogens with two attached hydrogens (primary N) is 1. The van der Waals surface area contributed by atoms with Gasteiger partial charge in [-0.1, -0.05) is 26.8 Å². The van der Waals surface area contributed by atoms with E-state index in [1.165, 1.54) is 6.07 Å². The Morgan fingerprint density at radius 3 is 2.29 bits per heavy atom. The Morgan fingerprint density at radius 2 is 1.88 bits per heavy atom. The highest BCUT2D eigenvalue weighted by Gasteiger charge is 2.29. The fourth-order valence-corrected chi connectivity index (χ4v) is 1.69. The molecule has 1 rings (SSSR count). The molecular formula is C12H18BrClFNO. The summed E-state index contributed by atoms with van der Waals surface area (Å²) in [6.07, 6.45) is -0.715. The van der Waals surface area contributed by atoms with Crippen molar-refractivity contribution in [1.82, 2.24) is 0 Å². The van der Waals surface area contributed by atoms with Crippen LogP contribution in [0, 0.1) is 11.2 Å². The van der Waals surface area contributed by atoms with Crippen LogP contribution in [0.1, 0.15) is 32.4 Å². The van der Waals surface area contributed by atoms with Crippen LogP contribution >= 0.6 is 28.3 Å². The van der Waals surface area contributed by atoms with Gasteiger partial charge in [0.15, 0.2) is 0 Å². The van der Waals surface area contributed by atoms with E-state index >= 15 is 0 Å². The predicted molar refractivity (Wildman–Crippen MR) is 73.7 cm³/mol. The lowest BCUT2D eigenvalue weighted by atomic mass is 9.82. The van der Waals surface area contributed by atoms with E-state index in [-0.39, 0.29) is 23.6 Å². The SMILES string of the molecule is CC(C)(C)[C@@H](O)[C@@H](N)c1ccc(Br)c(F)c1.Cl. The fourth-order valence-electron chi connectivity index (χ4n) is 1.44. The summed E-state index contributed by atoms with van der Waals surface area (Å²) in [6, 6.07) is 4.08. The maximum atomic E-state index is 13.3. The van der Waals surface area contributed by atoms with Crippen LogP contribution in [0.25, 0.3) is 0 Å². The van der Waals surface area contributed by atoms with Crippen LogP contribution in [-0.2, 0) is 0 Å². The molecule has 0 saturated heterocycles. The van der Waals surface area contributed by atoms with Gasteiger partial charge in [0.25, 0.3) is 0 Å². The van der Waals surface area contributed by atoms with Gasteiger partial charge in [0, 0.05) is 0 Å². The van der Waals surface area contributed by atoms with Gasteiger partial charge in [-0.05, 0) is 39.0 Å². The Labute approximate surface area is 116 Å². The molecule has 0 aliphatic rings. The van der Waals surface area contributed by atoms with Crippen molar-refractivity contribution in [2.45, 2.75) is 32.9 Å². The molecule has 5 heteroatoms. The van der Waals surface area contributed by atoms with Crippen molar-refractivity contribution < 1.29 is 9.50 Å². The maximum absolute atomic E-state index is 13.3. The zero-order chi connectivity index (χ0) is 12.5. The Bertz CT molecular complexity index is 381. The molecular weight excluding hydrogens is 308 g/mol. The zero-order valence-electron chi connectivity index (χ0n) is 10.1. The lowest BCUT2D eigenvalue weighted by Crippen LogP contribution is -2.37. The van der Waals surface area contributed by atoms with E-state index in [0.717, 1.165) is 0 Å². The first-order chi connectivity index (χ1) is 7.23. The first-order valence-corrected chi connectivity index (χ1v) is 5.91. The molecule has 3 N–H and O–H groups in total. The monoisotopic (exact) mass is 325 g/mol. The molecule has 0 unspecified atom stereocenters. The van der Waals surface area contributed by atoms with E-state index in [1.807, 2.05) is 20.8 Å². The summed E-state index contributed by atoms with van der Waals surface area (Å²) in [5.41, 5.74) is 6.18. The number of aliphatic hydroxyl groups is 1. The van der Waals surface area contributed by atoms with Crippen molar-refractivity contribution in [1.29, 1.82) is 0 Å². The van der Waals surface area contributed by atoms with Gasteiger partial charge < -0.3 is 10.8 Å². The Morgan fingerprint density at radius 1 is 1.35 bits per heavy atom. The zero-order valence-corrected chi connectivity index (χ0v) is 12.5. The maximum Gasteiger partial charge on any atom is 0.137 e. The van der Waals surface area contributed by atoms with E-state index in [1.54, 1.807) is 12.1 Å². The van der Waals surface area contributed by atoms with Crippen LogP contribution < -0.4 is 5.73 Å². The van der Waals surface area contributed by atoms with Crippen molar-refractivity contribution in [3.8, 4) is 0 Å². The average molecular weight is 327 g/mol. The standard InChI is InChI=1S/C12H17BrFNO.ClH/c1-12(2,3)11(16)10(15)7-4-5-8(13)9(14)6-7;/h4-6,10-11,16H,15H2,1-3H3;1H/t10-,11-;/m0./s1. The van der Waals surface area contributed by atoms with Crippen molar-refractivity contribution >= 4 is 28.3 Å². The highest BCUT2D eigenvalue weighted by Crippen LogP contribution is 2.29. The molecule has 0 heterocycles. The number of halogens is 3. The molecule has 0 fully saturated rings. The Kier molecular flexibility index (Phi) is 6.08. The van der Waals surface area contributed by atoms with Crippen molar-refractivity contribution in [2.75, 3.05) is 0 Å². The molecule has 0 aromatic heterocycles. The van der Waals surface area contributed by atoms with Crippen molar-refractivity contribution in [3.05, 3.63) is 34.1 Å². The summed E-state index contributed by atoms with van der Waals surface area (Å²) >= 11 is 3.08. The molecule has 0 aliphatic heterocycles. The van der Waals surface area contributed by atoms with E-state index < -0.39 is 12.1 Å². The van der Waals surface area contributed by atoms with Crippen molar-refractivity contribution in [2.24, 2.45) is 11.1 Å². The van der Waals surface area contributed by atoms with Crippen LogP contribution in [-0.4, -0.2) is 11.2 Å². The molecule has 0 saturated carbocycles. The van der Waals surface area contributed by atoms with Gasteiger partial charge >= 0.3 is 0 Å². The molecule has 0 spiro atoms. The van der Waals surface area contributed by atoms with Gasteiger partial charge in [-0.2, -0.15) is 0 Å². The highest BCUT2D eigenvalue weighted by atomic mass is 79.9. The van der Waals surface area contributed by atoms with Crippen LogP contribution in [0.3, 0.4) is 0 Å². The molecule has 0 radical (unpaired) electrons. The normalized spacial score (nSPS) is 15.0.